The average molecular weight is 480 g/mol. The van der Waals surface area contributed by atoms with Gasteiger partial charge in [0.25, 0.3) is 0 Å². The zero-order valence-corrected chi connectivity index (χ0v) is 19.3. The van der Waals surface area contributed by atoms with E-state index < -0.39 is 10.0 Å². The van der Waals surface area contributed by atoms with Crippen LogP contribution in [0.4, 0.5) is 15.8 Å². The van der Waals surface area contributed by atoms with Crippen LogP contribution in [-0.4, -0.2) is 63.8 Å². The van der Waals surface area contributed by atoms with E-state index in [4.69, 9.17) is 4.74 Å². The van der Waals surface area contributed by atoms with Gasteiger partial charge in [0.15, 0.2) is 0 Å². The fourth-order valence-electron chi connectivity index (χ4n) is 3.81. The number of sulfonamides is 1. The van der Waals surface area contributed by atoms with Crippen LogP contribution in [0.2, 0.25) is 0 Å². The predicted molar refractivity (Wildman–Crippen MR) is 123 cm³/mol. The third kappa shape index (κ3) is 5.43. The number of carbonyl (C=O) groups excluding carboxylic acids is 1. The zero-order chi connectivity index (χ0) is 22.6. The van der Waals surface area contributed by atoms with Crippen LogP contribution in [0, 0.1) is 5.82 Å². The molecule has 2 aromatic carbocycles. The maximum Gasteiger partial charge on any atom is 0.243 e. The minimum Gasteiger partial charge on any atom is -0.379 e. The Kier molecular flexibility index (Phi) is 7.34. The van der Waals surface area contributed by atoms with Gasteiger partial charge in [-0.3, -0.25) is 4.79 Å². The molecule has 2 saturated heterocycles. The van der Waals surface area contributed by atoms with Crippen LogP contribution in [0.1, 0.15) is 12.8 Å². The molecule has 172 valence electrons. The third-order valence-corrected chi connectivity index (χ3v) is 8.39. The highest BCUT2D eigenvalue weighted by atomic mass is 32.2. The van der Waals surface area contributed by atoms with Crippen LogP contribution in [0.3, 0.4) is 0 Å². The Morgan fingerprint density at radius 1 is 1.03 bits per heavy atom. The molecule has 0 radical (unpaired) electrons. The summed E-state index contributed by atoms with van der Waals surface area (Å²) >= 11 is 1.29. The minimum absolute atomic E-state index is 0.130. The number of nitrogens with one attached hydrogen (secondary N) is 1. The van der Waals surface area contributed by atoms with Gasteiger partial charge in [0.2, 0.25) is 15.9 Å². The van der Waals surface area contributed by atoms with Crippen molar-refractivity contribution in [3.8, 4) is 0 Å². The number of carbonyl (C=O) groups is 1. The van der Waals surface area contributed by atoms with Gasteiger partial charge in [-0.1, -0.05) is 0 Å². The zero-order valence-electron chi connectivity index (χ0n) is 17.6. The molecular weight excluding hydrogens is 453 g/mol. The Hall–Kier alpha value is -2.14. The SMILES string of the molecule is O=C(CSc1ccc(F)cc1)Nc1cc(S(=O)(=O)N2CCOCC2)ccc1N1CCCC1. The van der Waals surface area contributed by atoms with Gasteiger partial charge in [-0.2, -0.15) is 4.31 Å². The topological polar surface area (TPSA) is 79.0 Å². The maximum absolute atomic E-state index is 13.1. The molecule has 2 heterocycles. The van der Waals surface area contributed by atoms with Crippen LogP contribution in [-0.2, 0) is 19.6 Å². The van der Waals surface area contributed by atoms with E-state index in [2.05, 4.69) is 10.2 Å². The second-order valence-electron chi connectivity index (χ2n) is 7.68. The summed E-state index contributed by atoms with van der Waals surface area (Å²) in [5.74, 6) is -0.445. The normalized spacial score (nSPS) is 17.5. The van der Waals surface area contributed by atoms with E-state index in [-0.39, 0.29) is 22.4 Å². The van der Waals surface area contributed by atoms with Crippen molar-refractivity contribution in [3.05, 3.63) is 48.3 Å². The predicted octanol–water partition coefficient (Wildman–Crippen LogP) is 3.18. The Balaban J connectivity index is 1.54. The van der Waals surface area contributed by atoms with Gasteiger partial charge in [-0.05, 0) is 55.3 Å². The molecule has 1 amide bonds. The lowest BCUT2D eigenvalue weighted by Crippen LogP contribution is -2.40. The van der Waals surface area contributed by atoms with Crippen molar-refractivity contribution >= 4 is 39.1 Å². The smallest absolute Gasteiger partial charge is 0.243 e. The van der Waals surface area contributed by atoms with Crippen molar-refractivity contribution in [1.29, 1.82) is 0 Å². The molecule has 2 aliphatic heterocycles. The fraction of sp³-hybridized carbons (Fsp3) is 0.409. The first-order valence-electron chi connectivity index (χ1n) is 10.6. The Labute approximate surface area is 192 Å². The standard InChI is InChI=1S/C22H26FN3O4S2/c23-17-3-5-18(6-4-17)31-16-22(27)24-20-15-19(7-8-21(20)25-9-1-2-10-25)32(28,29)26-11-13-30-14-12-26/h3-8,15H,1-2,9-14,16H2,(H,24,27). The molecule has 2 aliphatic rings. The summed E-state index contributed by atoms with van der Waals surface area (Å²) in [5.41, 5.74) is 1.31. The first kappa shape index (κ1) is 23.0. The lowest BCUT2D eigenvalue weighted by Gasteiger charge is -2.27. The summed E-state index contributed by atoms with van der Waals surface area (Å²) in [5, 5.41) is 2.90. The van der Waals surface area contributed by atoms with E-state index in [1.165, 1.54) is 28.2 Å². The second kappa shape index (κ2) is 10.2. The third-order valence-electron chi connectivity index (χ3n) is 5.48. The van der Waals surface area contributed by atoms with Gasteiger partial charge in [0.05, 0.1) is 35.2 Å². The summed E-state index contributed by atoms with van der Waals surface area (Å²) in [6.45, 7) is 3.09. The molecule has 1 N–H and O–H groups in total. The van der Waals surface area contributed by atoms with Crippen molar-refractivity contribution in [1.82, 2.24) is 4.31 Å². The van der Waals surface area contributed by atoms with Gasteiger partial charge in [0, 0.05) is 31.1 Å². The lowest BCUT2D eigenvalue weighted by atomic mass is 10.2. The monoisotopic (exact) mass is 479 g/mol. The summed E-state index contributed by atoms with van der Waals surface area (Å²) in [7, 11) is -3.68. The molecule has 0 aromatic heterocycles. The van der Waals surface area contributed by atoms with E-state index in [0.717, 1.165) is 36.5 Å². The van der Waals surface area contributed by atoms with Crippen LogP contribution in [0.15, 0.2) is 52.3 Å². The average Bonchev–Trinajstić information content (AvgIpc) is 3.34. The van der Waals surface area contributed by atoms with Gasteiger partial charge in [-0.25, -0.2) is 12.8 Å². The molecule has 0 bridgehead atoms. The quantitative estimate of drug-likeness (QED) is 0.615. The van der Waals surface area contributed by atoms with Gasteiger partial charge in [-0.15, -0.1) is 11.8 Å². The number of nitrogens with zero attached hydrogens (tertiary/aromatic N) is 2. The molecular formula is C22H26FN3O4S2. The molecule has 0 unspecified atom stereocenters. The van der Waals surface area contributed by atoms with Crippen molar-refractivity contribution in [2.45, 2.75) is 22.6 Å². The number of benzene rings is 2. The lowest BCUT2D eigenvalue weighted by molar-refractivity contribution is -0.113. The molecule has 0 atom stereocenters. The molecule has 2 aromatic rings. The summed E-state index contributed by atoms with van der Waals surface area (Å²) in [6, 6.07) is 10.9. The Morgan fingerprint density at radius 3 is 2.41 bits per heavy atom. The fourth-order valence-corrected chi connectivity index (χ4v) is 5.94. The highest BCUT2D eigenvalue weighted by molar-refractivity contribution is 8.00. The van der Waals surface area contributed by atoms with Crippen molar-refractivity contribution in [3.63, 3.8) is 0 Å². The number of hydrogen-bond acceptors (Lipinski definition) is 6. The Bertz CT molecular complexity index is 1050. The molecule has 32 heavy (non-hydrogen) atoms. The summed E-state index contributed by atoms with van der Waals surface area (Å²) in [4.78, 5) is 15.8. The molecule has 0 saturated carbocycles. The number of ether oxygens (including phenoxy) is 1. The number of halogens is 1. The molecule has 7 nitrogen and oxygen atoms in total. The van der Waals surface area contributed by atoms with Crippen LogP contribution >= 0.6 is 11.8 Å². The summed E-state index contributed by atoms with van der Waals surface area (Å²) < 4.78 is 46.0. The molecule has 10 heteroatoms. The maximum atomic E-state index is 13.1. The molecule has 0 aliphatic carbocycles. The highest BCUT2D eigenvalue weighted by Gasteiger charge is 2.28. The van der Waals surface area contributed by atoms with Crippen LogP contribution < -0.4 is 10.2 Å². The van der Waals surface area contributed by atoms with E-state index in [9.17, 15) is 17.6 Å². The molecule has 2 fully saturated rings. The first-order chi connectivity index (χ1) is 15.4. The van der Waals surface area contributed by atoms with E-state index in [0.29, 0.717) is 32.0 Å². The number of anilines is 2. The second-order valence-corrected chi connectivity index (χ2v) is 10.7. The number of rotatable bonds is 7. The number of morpholine rings is 1. The van der Waals surface area contributed by atoms with E-state index >= 15 is 0 Å². The van der Waals surface area contributed by atoms with E-state index in [1.807, 2.05) is 0 Å². The van der Waals surface area contributed by atoms with Gasteiger partial charge in [0.1, 0.15) is 5.82 Å². The van der Waals surface area contributed by atoms with Crippen LogP contribution in [0.25, 0.3) is 0 Å². The Morgan fingerprint density at radius 2 is 1.72 bits per heavy atom. The van der Waals surface area contributed by atoms with Gasteiger partial charge >= 0.3 is 0 Å². The van der Waals surface area contributed by atoms with E-state index in [1.54, 1.807) is 30.3 Å². The summed E-state index contributed by atoms with van der Waals surface area (Å²) in [6.07, 6.45) is 2.11. The minimum atomic E-state index is -3.68. The molecule has 4 rings (SSSR count). The van der Waals surface area contributed by atoms with Crippen LogP contribution in [0.5, 0.6) is 0 Å². The van der Waals surface area contributed by atoms with Crippen molar-refractivity contribution in [2.75, 3.05) is 55.4 Å². The molecule has 0 spiro atoms. The number of amides is 1. The number of thioether (sulfide) groups is 1. The van der Waals surface area contributed by atoms with Gasteiger partial charge < -0.3 is 15.0 Å². The first-order valence-corrected chi connectivity index (χ1v) is 13.0. The van der Waals surface area contributed by atoms with Crippen molar-refractivity contribution < 1.29 is 22.3 Å². The largest absolute Gasteiger partial charge is 0.379 e. The highest BCUT2D eigenvalue weighted by Crippen LogP contribution is 2.33. The number of hydrogen-bond donors (Lipinski definition) is 1. The van der Waals surface area contributed by atoms with Crippen molar-refractivity contribution in [2.24, 2.45) is 0 Å².